The first-order chi connectivity index (χ1) is 12.5. The lowest BCUT2D eigenvalue weighted by atomic mass is 10.1. The van der Waals surface area contributed by atoms with Crippen LogP contribution >= 0.6 is 11.8 Å². The van der Waals surface area contributed by atoms with Crippen molar-refractivity contribution >= 4 is 17.7 Å². The van der Waals surface area contributed by atoms with Gasteiger partial charge in [-0.25, -0.2) is 0 Å². The minimum atomic E-state index is -0.0382. The highest BCUT2D eigenvalue weighted by Crippen LogP contribution is 2.21. The highest BCUT2D eigenvalue weighted by atomic mass is 32.2. The molecule has 1 N–H and O–H groups in total. The molecule has 0 radical (unpaired) electrons. The molecule has 1 atom stereocenters. The lowest BCUT2D eigenvalue weighted by Crippen LogP contribution is -2.35. The van der Waals surface area contributed by atoms with E-state index in [9.17, 15) is 4.79 Å². The molecule has 3 aromatic rings. The number of thioether (sulfide) groups is 1. The molecule has 0 aliphatic rings. The maximum atomic E-state index is 12.2. The average Bonchev–Trinajstić information content (AvgIpc) is 3.27. The highest BCUT2D eigenvalue weighted by Gasteiger charge is 2.13. The number of carbonyl (C=O) groups excluding carboxylic acids is 1. The van der Waals surface area contributed by atoms with Crippen LogP contribution in [0.25, 0.3) is 5.69 Å². The first kappa shape index (κ1) is 18.3. The fraction of sp³-hybridized carbons (Fsp3) is 0.316. The number of hydrogen-bond acceptors (Lipinski definition) is 5. The number of rotatable bonds is 7. The molecule has 3 rings (SSSR count). The van der Waals surface area contributed by atoms with Crippen LogP contribution in [0.4, 0.5) is 0 Å². The van der Waals surface area contributed by atoms with E-state index < -0.39 is 0 Å². The summed E-state index contributed by atoms with van der Waals surface area (Å²) in [6, 6.07) is 9.95. The molecular formula is C19H22N4O2S. The van der Waals surface area contributed by atoms with Crippen LogP contribution in [0.15, 0.2) is 52.5 Å². The fourth-order valence-electron chi connectivity index (χ4n) is 2.60. The van der Waals surface area contributed by atoms with Crippen molar-refractivity contribution in [1.82, 2.24) is 20.1 Å². The first-order valence-corrected chi connectivity index (χ1v) is 9.43. The summed E-state index contributed by atoms with van der Waals surface area (Å²) in [6.45, 7) is 6.11. The summed E-state index contributed by atoms with van der Waals surface area (Å²) in [5.74, 6) is 1.11. The zero-order valence-corrected chi connectivity index (χ0v) is 15.9. The van der Waals surface area contributed by atoms with Crippen LogP contribution < -0.4 is 5.32 Å². The Balaban J connectivity index is 1.57. The topological polar surface area (TPSA) is 73.0 Å². The van der Waals surface area contributed by atoms with Gasteiger partial charge in [0.25, 0.3) is 0 Å². The van der Waals surface area contributed by atoms with E-state index in [0.717, 1.165) is 11.4 Å². The Morgan fingerprint density at radius 2 is 2.15 bits per heavy atom. The Hall–Kier alpha value is -2.54. The largest absolute Gasteiger partial charge is 0.469 e. The number of carbonyl (C=O) groups is 1. The number of aromatic nitrogens is 3. The molecule has 6 nitrogen and oxygen atoms in total. The van der Waals surface area contributed by atoms with Crippen molar-refractivity contribution in [2.24, 2.45) is 0 Å². The van der Waals surface area contributed by atoms with Gasteiger partial charge in [0, 0.05) is 18.2 Å². The van der Waals surface area contributed by atoms with Gasteiger partial charge in [0.2, 0.25) is 5.91 Å². The van der Waals surface area contributed by atoms with Crippen molar-refractivity contribution in [3.63, 3.8) is 0 Å². The van der Waals surface area contributed by atoms with E-state index in [0.29, 0.717) is 11.6 Å². The van der Waals surface area contributed by atoms with E-state index in [1.54, 1.807) is 12.6 Å². The van der Waals surface area contributed by atoms with E-state index in [1.807, 2.05) is 29.7 Å². The van der Waals surface area contributed by atoms with Crippen LogP contribution in [0.3, 0.4) is 0 Å². The van der Waals surface area contributed by atoms with Gasteiger partial charge in [-0.1, -0.05) is 17.8 Å². The fourth-order valence-corrected chi connectivity index (χ4v) is 3.34. The molecular weight excluding hydrogens is 348 g/mol. The summed E-state index contributed by atoms with van der Waals surface area (Å²) in [5, 5.41) is 11.8. The Morgan fingerprint density at radius 3 is 2.88 bits per heavy atom. The summed E-state index contributed by atoms with van der Waals surface area (Å²) in [7, 11) is 0. The molecule has 0 bridgehead atoms. The van der Waals surface area contributed by atoms with Crippen LogP contribution in [0.1, 0.15) is 23.8 Å². The van der Waals surface area contributed by atoms with E-state index in [1.165, 1.54) is 22.9 Å². The normalized spacial score (nSPS) is 12.1. The lowest BCUT2D eigenvalue weighted by molar-refractivity contribution is -0.119. The molecule has 0 saturated heterocycles. The van der Waals surface area contributed by atoms with E-state index in [2.05, 4.69) is 41.5 Å². The Morgan fingerprint density at radius 1 is 1.31 bits per heavy atom. The van der Waals surface area contributed by atoms with Crippen molar-refractivity contribution in [1.29, 1.82) is 0 Å². The van der Waals surface area contributed by atoms with Crippen molar-refractivity contribution in [3.05, 3.63) is 59.8 Å². The minimum Gasteiger partial charge on any atom is -0.469 e. The van der Waals surface area contributed by atoms with Crippen LogP contribution in [0, 0.1) is 13.8 Å². The number of hydrogen-bond donors (Lipinski definition) is 1. The Kier molecular flexibility index (Phi) is 5.78. The van der Waals surface area contributed by atoms with Gasteiger partial charge in [0.15, 0.2) is 5.16 Å². The minimum absolute atomic E-state index is 0.00636. The molecule has 136 valence electrons. The summed E-state index contributed by atoms with van der Waals surface area (Å²) in [6.07, 6.45) is 3.98. The second-order valence-electron chi connectivity index (χ2n) is 6.29. The predicted molar refractivity (Wildman–Crippen MR) is 102 cm³/mol. The number of nitrogens with one attached hydrogen (secondary N) is 1. The zero-order valence-electron chi connectivity index (χ0n) is 15.1. The molecule has 1 unspecified atom stereocenters. The van der Waals surface area contributed by atoms with Gasteiger partial charge in [-0.15, -0.1) is 10.2 Å². The van der Waals surface area contributed by atoms with Crippen LogP contribution in [-0.2, 0) is 11.2 Å². The summed E-state index contributed by atoms with van der Waals surface area (Å²) in [4.78, 5) is 12.2. The zero-order chi connectivity index (χ0) is 18.5. The number of benzene rings is 1. The molecule has 1 amide bonds. The van der Waals surface area contributed by atoms with Gasteiger partial charge in [-0.05, 0) is 56.2 Å². The third kappa shape index (κ3) is 4.54. The molecule has 2 heterocycles. The monoisotopic (exact) mass is 370 g/mol. The molecule has 0 fully saturated rings. The average molecular weight is 370 g/mol. The highest BCUT2D eigenvalue weighted by molar-refractivity contribution is 7.99. The maximum absolute atomic E-state index is 12.2. The van der Waals surface area contributed by atoms with Crippen LogP contribution in [0.2, 0.25) is 0 Å². The number of amides is 1. The summed E-state index contributed by atoms with van der Waals surface area (Å²) >= 11 is 1.37. The van der Waals surface area contributed by atoms with Crippen LogP contribution in [-0.4, -0.2) is 32.5 Å². The molecule has 0 saturated carbocycles. The Labute approximate surface area is 157 Å². The van der Waals surface area contributed by atoms with E-state index in [4.69, 9.17) is 4.42 Å². The second-order valence-corrected chi connectivity index (χ2v) is 7.24. The molecule has 0 aliphatic heterocycles. The summed E-state index contributed by atoms with van der Waals surface area (Å²) < 4.78 is 7.21. The van der Waals surface area contributed by atoms with E-state index >= 15 is 0 Å². The molecule has 0 aliphatic carbocycles. The van der Waals surface area contributed by atoms with Gasteiger partial charge >= 0.3 is 0 Å². The molecule has 26 heavy (non-hydrogen) atoms. The van der Waals surface area contributed by atoms with E-state index in [-0.39, 0.29) is 17.7 Å². The van der Waals surface area contributed by atoms with Crippen molar-refractivity contribution in [2.45, 2.75) is 38.4 Å². The van der Waals surface area contributed by atoms with Crippen molar-refractivity contribution in [2.75, 3.05) is 5.75 Å². The van der Waals surface area contributed by atoms with Crippen molar-refractivity contribution in [3.8, 4) is 5.69 Å². The molecule has 2 aromatic heterocycles. The molecule has 1 aromatic carbocycles. The quantitative estimate of drug-likeness (QED) is 0.646. The van der Waals surface area contributed by atoms with Gasteiger partial charge in [-0.2, -0.15) is 0 Å². The number of nitrogens with zero attached hydrogens (tertiary/aromatic N) is 3. The standard InChI is InChI=1S/C19H22N4O2S/c1-13-6-7-16(9-14(13)2)23-12-20-22-19(23)26-11-18(24)21-15(3)10-17-5-4-8-25-17/h4-9,12,15H,10-11H2,1-3H3,(H,21,24). The number of aryl methyl sites for hydroxylation is 2. The van der Waals surface area contributed by atoms with Gasteiger partial charge in [-0.3, -0.25) is 9.36 Å². The molecule has 0 spiro atoms. The SMILES string of the molecule is Cc1ccc(-n2cnnc2SCC(=O)NC(C)Cc2ccco2)cc1C. The lowest BCUT2D eigenvalue weighted by Gasteiger charge is -2.12. The second kappa shape index (κ2) is 8.23. The summed E-state index contributed by atoms with van der Waals surface area (Å²) in [5.41, 5.74) is 3.43. The first-order valence-electron chi connectivity index (χ1n) is 8.45. The third-order valence-corrected chi connectivity index (χ3v) is 5.06. The third-order valence-electron chi connectivity index (χ3n) is 4.11. The molecule has 7 heteroatoms. The van der Waals surface area contributed by atoms with Crippen molar-refractivity contribution < 1.29 is 9.21 Å². The van der Waals surface area contributed by atoms with Gasteiger partial charge in [0.05, 0.1) is 12.0 Å². The number of furan rings is 1. The predicted octanol–water partition coefficient (Wildman–Crippen LogP) is 3.32. The smallest absolute Gasteiger partial charge is 0.230 e. The van der Waals surface area contributed by atoms with Crippen LogP contribution in [0.5, 0.6) is 0 Å². The Bertz CT molecular complexity index is 874. The van der Waals surface area contributed by atoms with Gasteiger partial charge in [0.1, 0.15) is 12.1 Å². The van der Waals surface area contributed by atoms with Gasteiger partial charge < -0.3 is 9.73 Å². The maximum Gasteiger partial charge on any atom is 0.230 e.